The average Bonchev–Trinajstić information content (AvgIpc) is 2.10. The van der Waals surface area contributed by atoms with Gasteiger partial charge in [0.15, 0.2) is 0 Å². The van der Waals surface area contributed by atoms with E-state index in [4.69, 9.17) is 10.8 Å². The molecule has 0 spiro atoms. The first-order valence-electron chi connectivity index (χ1n) is 3.58. The summed E-state index contributed by atoms with van der Waals surface area (Å²) in [6, 6.07) is -2.14. The van der Waals surface area contributed by atoms with Gasteiger partial charge in [0.25, 0.3) is 0 Å². The minimum Gasteiger partial charge on any atom is -0.480 e. The second kappa shape index (κ2) is 5.62. The topological polar surface area (TPSA) is 131 Å². The van der Waals surface area contributed by atoms with Crippen LogP contribution in [0.1, 0.15) is 0 Å². The summed E-state index contributed by atoms with van der Waals surface area (Å²) in [5, 5.41) is 12.6. The highest BCUT2D eigenvalue weighted by Gasteiger charge is 2.20. The molecule has 0 fully saturated rings. The summed E-state index contributed by atoms with van der Waals surface area (Å²) in [4.78, 5) is 31.4. The molecule has 3 amide bonds. The highest BCUT2D eigenvalue weighted by molar-refractivity contribution is 5.81. The maximum atomic E-state index is 10.6. The van der Waals surface area contributed by atoms with E-state index in [0.717, 1.165) is 7.11 Å². The Morgan fingerprint density at radius 3 is 2.43 bits per heavy atom. The molecule has 0 aliphatic heterocycles. The molecule has 0 aliphatic carbocycles. The van der Waals surface area contributed by atoms with Crippen LogP contribution in [0.5, 0.6) is 0 Å². The molecule has 8 heteroatoms. The first-order valence-corrected chi connectivity index (χ1v) is 3.58. The highest BCUT2D eigenvalue weighted by Crippen LogP contribution is 1.84. The van der Waals surface area contributed by atoms with Crippen LogP contribution in [0.3, 0.4) is 0 Å². The van der Waals surface area contributed by atoms with Crippen molar-refractivity contribution < 1.29 is 24.2 Å². The van der Waals surface area contributed by atoms with E-state index in [0.29, 0.717) is 0 Å². The minimum atomic E-state index is -1.30. The Kier molecular flexibility index (Phi) is 4.82. The maximum Gasteiger partial charge on any atom is 0.407 e. The number of urea groups is 1. The molecule has 0 aromatic heterocycles. The quantitative estimate of drug-likeness (QED) is 0.442. The molecule has 14 heavy (non-hydrogen) atoms. The molecule has 0 aromatic carbocycles. The molecule has 0 aliphatic rings. The van der Waals surface area contributed by atoms with Gasteiger partial charge in [-0.25, -0.2) is 14.4 Å². The number of methoxy groups -OCH3 is 1. The zero-order valence-electron chi connectivity index (χ0n) is 7.44. The number of carbonyl (C=O) groups is 3. The third kappa shape index (κ3) is 4.80. The number of alkyl carbamates (subject to hydrolysis) is 1. The monoisotopic (exact) mass is 205 g/mol. The van der Waals surface area contributed by atoms with Crippen molar-refractivity contribution >= 4 is 18.1 Å². The van der Waals surface area contributed by atoms with Gasteiger partial charge in [-0.2, -0.15) is 0 Å². The predicted octanol–water partition coefficient (Wildman–Crippen LogP) is -1.54. The van der Waals surface area contributed by atoms with Crippen LogP contribution < -0.4 is 16.4 Å². The van der Waals surface area contributed by atoms with Crippen LogP contribution >= 0.6 is 0 Å². The zero-order valence-corrected chi connectivity index (χ0v) is 7.44. The molecule has 0 saturated heterocycles. The fourth-order valence-electron chi connectivity index (χ4n) is 0.604. The first kappa shape index (κ1) is 12.0. The maximum absolute atomic E-state index is 10.6. The third-order valence-corrected chi connectivity index (χ3v) is 1.26. The molecule has 0 unspecified atom stereocenters. The van der Waals surface area contributed by atoms with Gasteiger partial charge in [-0.1, -0.05) is 0 Å². The Balaban J connectivity index is 4.09. The lowest BCUT2D eigenvalue weighted by Crippen LogP contribution is -2.49. The zero-order chi connectivity index (χ0) is 11.1. The van der Waals surface area contributed by atoms with Crippen molar-refractivity contribution in [2.75, 3.05) is 13.7 Å². The lowest BCUT2D eigenvalue weighted by Gasteiger charge is -2.13. The van der Waals surface area contributed by atoms with E-state index in [1.807, 2.05) is 10.6 Å². The van der Waals surface area contributed by atoms with Crippen molar-refractivity contribution in [1.29, 1.82) is 0 Å². The summed E-state index contributed by atoms with van der Waals surface area (Å²) >= 11 is 0. The summed E-state index contributed by atoms with van der Waals surface area (Å²) in [5.41, 5.74) is 4.72. The predicted molar refractivity (Wildman–Crippen MR) is 44.6 cm³/mol. The number of carboxylic acids is 1. The van der Waals surface area contributed by atoms with Crippen LogP contribution in [0.2, 0.25) is 0 Å². The lowest BCUT2D eigenvalue weighted by molar-refractivity contribution is -0.139. The van der Waals surface area contributed by atoms with Crippen LogP contribution in [-0.2, 0) is 9.53 Å². The fraction of sp³-hybridized carbons (Fsp3) is 0.500. The van der Waals surface area contributed by atoms with E-state index < -0.39 is 24.1 Å². The Bertz CT molecular complexity index is 242. The Morgan fingerprint density at radius 2 is 2.07 bits per heavy atom. The van der Waals surface area contributed by atoms with E-state index in [2.05, 4.69) is 4.74 Å². The number of nitrogens with one attached hydrogen (secondary N) is 2. The molecule has 0 radical (unpaired) electrons. The number of hydrogen-bond donors (Lipinski definition) is 4. The SMILES string of the molecule is COC(=O)N[C@@H](CNC(N)=O)C(=O)O. The van der Waals surface area contributed by atoms with Gasteiger partial charge in [-0.05, 0) is 0 Å². The van der Waals surface area contributed by atoms with Crippen LogP contribution in [0.15, 0.2) is 0 Å². The molecule has 0 heterocycles. The van der Waals surface area contributed by atoms with Gasteiger partial charge in [0, 0.05) is 0 Å². The van der Waals surface area contributed by atoms with E-state index in [1.165, 1.54) is 0 Å². The van der Waals surface area contributed by atoms with Crippen LogP contribution in [0.25, 0.3) is 0 Å². The standard InChI is InChI=1S/C6H11N3O5/c1-14-6(13)9-3(4(10)11)2-8-5(7)12/h3H,2H2,1H3,(H,9,13)(H,10,11)(H3,7,8,12)/t3-/m0/s1. The lowest BCUT2D eigenvalue weighted by atomic mass is 10.3. The number of carbonyl (C=O) groups excluding carboxylic acids is 2. The van der Waals surface area contributed by atoms with E-state index >= 15 is 0 Å². The molecular formula is C6H11N3O5. The molecule has 0 rings (SSSR count). The molecule has 0 aromatic rings. The smallest absolute Gasteiger partial charge is 0.407 e. The Labute approximate surface area is 79.4 Å². The van der Waals surface area contributed by atoms with Gasteiger partial charge < -0.3 is 26.2 Å². The van der Waals surface area contributed by atoms with Gasteiger partial charge in [0.2, 0.25) is 0 Å². The number of nitrogens with two attached hydrogens (primary N) is 1. The average molecular weight is 205 g/mol. The second-order valence-corrected chi connectivity index (χ2v) is 2.27. The summed E-state index contributed by atoms with van der Waals surface area (Å²) in [6.07, 6.45) is -0.899. The number of amides is 3. The number of rotatable bonds is 4. The van der Waals surface area contributed by atoms with E-state index in [9.17, 15) is 14.4 Å². The fourth-order valence-corrected chi connectivity index (χ4v) is 0.604. The number of carboxylic acid groups (broad SMARTS) is 1. The molecule has 0 saturated carbocycles. The van der Waals surface area contributed by atoms with Crippen molar-refractivity contribution in [3.8, 4) is 0 Å². The summed E-state index contributed by atoms with van der Waals surface area (Å²) in [5.74, 6) is -1.30. The van der Waals surface area contributed by atoms with E-state index in [1.54, 1.807) is 0 Å². The largest absolute Gasteiger partial charge is 0.480 e. The van der Waals surface area contributed by atoms with Crippen molar-refractivity contribution in [2.24, 2.45) is 5.73 Å². The van der Waals surface area contributed by atoms with Crippen molar-refractivity contribution in [3.63, 3.8) is 0 Å². The molecular weight excluding hydrogens is 194 g/mol. The van der Waals surface area contributed by atoms with Gasteiger partial charge in [0.05, 0.1) is 13.7 Å². The number of aliphatic carboxylic acids is 1. The van der Waals surface area contributed by atoms with Crippen molar-refractivity contribution in [1.82, 2.24) is 10.6 Å². The molecule has 0 bridgehead atoms. The molecule has 1 atom stereocenters. The Morgan fingerprint density at radius 1 is 1.50 bits per heavy atom. The minimum absolute atomic E-state index is 0.306. The highest BCUT2D eigenvalue weighted by atomic mass is 16.5. The van der Waals surface area contributed by atoms with Crippen LogP contribution in [0.4, 0.5) is 9.59 Å². The number of ether oxygens (including phenoxy) is 1. The summed E-state index contributed by atoms with van der Waals surface area (Å²) < 4.78 is 4.18. The van der Waals surface area contributed by atoms with Gasteiger partial charge in [-0.15, -0.1) is 0 Å². The third-order valence-electron chi connectivity index (χ3n) is 1.26. The molecule has 5 N–H and O–H groups in total. The Hall–Kier alpha value is -1.99. The molecule has 80 valence electrons. The van der Waals surface area contributed by atoms with Crippen LogP contribution in [0, 0.1) is 0 Å². The van der Waals surface area contributed by atoms with Crippen LogP contribution in [-0.4, -0.2) is 42.9 Å². The normalized spacial score (nSPS) is 11.2. The van der Waals surface area contributed by atoms with E-state index in [-0.39, 0.29) is 6.54 Å². The van der Waals surface area contributed by atoms with Crippen molar-refractivity contribution in [3.05, 3.63) is 0 Å². The first-order chi connectivity index (χ1) is 6.47. The van der Waals surface area contributed by atoms with Gasteiger partial charge >= 0.3 is 18.1 Å². The van der Waals surface area contributed by atoms with Gasteiger partial charge in [0.1, 0.15) is 6.04 Å². The van der Waals surface area contributed by atoms with Crippen molar-refractivity contribution in [2.45, 2.75) is 6.04 Å². The summed E-state index contributed by atoms with van der Waals surface area (Å²) in [7, 11) is 1.09. The van der Waals surface area contributed by atoms with Gasteiger partial charge in [-0.3, -0.25) is 0 Å². The summed E-state index contributed by atoms with van der Waals surface area (Å²) in [6.45, 7) is -0.306. The second-order valence-electron chi connectivity index (χ2n) is 2.27. The molecule has 8 nitrogen and oxygen atoms in total. The number of hydrogen-bond acceptors (Lipinski definition) is 4. The number of primary amides is 1.